The van der Waals surface area contributed by atoms with Gasteiger partial charge in [0.2, 0.25) is 0 Å². The summed E-state index contributed by atoms with van der Waals surface area (Å²) >= 11 is 0. The van der Waals surface area contributed by atoms with E-state index in [9.17, 15) is 0 Å². The van der Waals surface area contributed by atoms with Crippen LogP contribution >= 0.6 is 0 Å². The van der Waals surface area contributed by atoms with Crippen molar-refractivity contribution in [2.24, 2.45) is 11.3 Å². The number of hydrogen-bond donors (Lipinski definition) is 2. The molecule has 3 aliphatic rings. The molecule has 2 saturated heterocycles. The monoisotopic (exact) mass is 341 g/mol. The molecule has 1 aromatic carbocycles. The van der Waals surface area contributed by atoms with Crippen LogP contribution in [0.4, 0.5) is 11.4 Å². The average molecular weight is 342 g/mol. The van der Waals surface area contributed by atoms with Crippen molar-refractivity contribution in [3.05, 3.63) is 24.3 Å². The third-order valence-electron chi connectivity index (χ3n) is 7.24. The van der Waals surface area contributed by atoms with Gasteiger partial charge in [-0.15, -0.1) is 0 Å². The fourth-order valence-corrected chi connectivity index (χ4v) is 5.82. The highest BCUT2D eigenvalue weighted by molar-refractivity contribution is 5.66. The van der Waals surface area contributed by atoms with E-state index in [2.05, 4.69) is 43.1 Å². The van der Waals surface area contributed by atoms with E-state index < -0.39 is 0 Å². The van der Waals surface area contributed by atoms with Crippen molar-refractivity contribution in [1.29, 1.82) is 0 Å². The number of benzene rings is 1. The van der Waals surface area contributed by atoms with Crippen LogP contribution in [-0.4, -0.2) is 29.1 Å². The number of fused-ring (bicyclic) bond motifs is 2. The third-order valence-corrected chi connectivity index (χ3v) is 7.24. The smallest absolute Gasteiger partial charge is 0.0576 e. The van der Waals surface area contributed by atoms with Crippen molar-refractivity contribution in [1.82, 2.24) is 4.90 Å². The summed E-state index contributed by atoms with van der Waals surface area (Å²) in [5.74, 6) is 0.905. The number of nitrogens with two attached hydrogens (primary N) is 1. The Kier molecular flexibility index (Phi) is 4.47. The molecule has 0 unspecified atom stereocenters. The fourth-order valence-electron chi connectivity index (χ4n) is 5.82. The van der Waals surface area contributed by atoms with Gasteiger partial charge in [-0.3, -0.25) is 4.90 Å². The van der Waals surface area contributed by atoms with Crippen LogP contribution in [0.2, 0.25) is 0 Å². The van der Waals surface area contributed by atoms with Gasteiger partial charge in [0.1, 0.15) is 0 Å². The van der Waals surface area contributed by atoms with Crippen molar-refractivity contribution in [2.75, 3.05) is 11.1 Å². The molecule has 138 valence electrons. The quantitative estimate of drug-likeness (QED) is 0.769. The van der Waals surface area contributed by atoms with E-state index in [0.29, 0.717) is 17.5 Å². The standard InChI is InChI=1S/C22H35N3/c1-22(2,3)15-8-10-16(11-9-15)25-17-12-13-21(25)20(14-17)24-19-7-5-4-6-18(19)23/h4-7,15-17,20-21,24H,8-14,23H2,1-3H3/t15-,16+,17-,20+,21+/m0/s1. The summed E-state index contributed by atoms with van der Waals surface area (Å²) in [6.45, 7) is 7.26. The van der Waals surface area contributed by atoms with Crippen molar-refractivity contribution in [3.8, 4) is 0 Å². The summed E-state index contributed by atoms with van der Waals surface area (Å²) in [4.78, 5) is 2.91. The third kappa shape index (κ3) is 3.28. The van der Waals surface area contributed by atoms with Crippen molar-refractivity contribution in [3.63, 3.8) is 0 Å². The largest absolute Gasteiger partial charge is 0.397 e. The maximum atomic E-state index is 6.15. The summed E-state index contributed by atoms with van der Waals surface area (Å²) in [5, 5.41) is 3.78. The topological polar surface area (TPSA) is 41.3 Å². The molecule has 0 amide bonds. The second kappa shape index (κ2) is 6.50. The summed E-state index contributed by atoms with van der Waals surface area (Å²) in [5.41, 5.74) is 8.63. The Hall–Kier alpha value is -1.22. The molecule has 3 N–H and O–H groups in total. The fraction of sp³-hybridized carbons (Fsp3) is 0.727. The molecule has 3 fully saturated rings. The lowest BCUT2D eigenvalue weighted by Crippen LogP contribution is -2.45. The molecular formula is C22H35N3. The minimum atomic E-state index is 0.476. The molecule has 0 radical (unpaired) electrons. The van der Waals surface area contributed by atoms with Crippen LogP contribution < -0.4 is 11.1 Å². The molecular weight excluding hydrogens is 306 g/mol. The van der Waals surface area contributed by atoms with Gasteiger partial charge < -0.3 is 11.1 Å². The molecule has 3 atom stereocenters. The van der Waals surface area contributed by atoms with Gasteiger partial charge in [0, 0.05) is 24.2 Å². The molecule has 0 aromatic heterocycles. The number of hydrogen-bond acceptors (Lipinski definition) is 3. The van der Waals surface area contributed by atoms with Crippen LogP contribution in [0.3, 0.4) is 0 Å². The average Bonchev–Trinajstić information content (AvgIpc) is 3.14. The Morgan fingerprint density at radius 3 is 2.32 bits per heavy atom. The molecule has 3 nitrogen and oxygen atoms in total. The van der Waals surface area contributed by atoms with Crippen molar-refractivity contribution >= 4 is 11.4 Å². The zero-order chi connectivity index (χ0) is 17.6. The van der Waals surface area contributed by atoms with Crippen LogP contribution in [0.1, 0.15) is 65.7 Å². The molecule has 25 heavy (non-hydrogen) atoms. The second-order valence-corrected chi connectivity index (χ2v) is 9.69. The van der Waals surface area contributed by atoms with Crippen LogP contribution in [0.5, 0.6) is 0 Å². The minimum absolute atomic E-state index is 0.476. The van der Waals surface area contributed by atoms with E-state index in [1.807, 2.05) is 12.1 Å². The van der Waals surface area contributed by atoms with Crippen LogP contribution in [0.25, 0.3) is 0 Å². The first-order valence-electron chi connectivity index (χ1n) is 10.3. The van der Waals surface area contributed by atoms with E-state index in [1.165, 1.54) is 44.9 Å². The SMILES string of the molecule is CC(C)(C)[C@H]1CC[C@@H](N2[C@H]3CC[C@@H]2[C@H](Nc2ccccc2N)C3)CC1. The Balaban J connectivity index is 1.41. The molecule has 3 heteroatoms. The van der Waals surface area contributed by atoms with Crippen molar-refractivity contribution < 1.29 is 0 Å². The number of anilines is 2. The van der Waals surface area contributed by atoms with Gasteiger partial charge in [-0.2, -0.15) is 0 Å². The molecule has 0 spiro atoms. The Morgan fingerprint density at radius 2 is 1.64 bits per heavy atom. The lowest BCUT2D eigenvalue weighted by atomic mass is 9.71. The van der Waals surface area contributed by atoms with Gasteiger partial charge in [0.25, 0.3) is 0 Å². The molecule has 1 saturated carbocycles. The zero-order valence-corrected chi connectivity index (χ0v) is 16.2. The van der Waals surface area contributed by atoms with Crippen molar-refractivity contribution in [2.45, 2.75) is 89.9 Å². The normalized spacial score (nSPS) is 35.9. The van der Waals surface area contributed by atoms with Crippen LogP contribution in [-0.2, 0) is 0 Å². The van der Waals surface area contributed by atoms with E-state index in [0.717, 1.165) is 29.4 Å². The van der Waals surface area contributed by atoms with Crippen LogP contribution in [0, 0.1) is 11.3 Å². The first-order chi connectivity index (χ1) is 11.9. The van der Waals surface area contributed by atoms with Gasteiger partial charge in [-0.1, -0.05) is 32.9 Å². The number of nitrogens with one attached hydrogen (secondary N) is 1. The highest BCUT2D eigenvalue weighted by atomic mass is 15.3. The first-order valence-corrected chi connectivity index (χ1v) is 10.3. The molecule has 4 rings (SSSR count). The van der Waals surface area contributed by atoms with Crippen LogP contribution in [0.15, 0.2) is 24.3 Å². The van der Waals surface area contributed by atoms with E-state index in [4.69, 9.17) is 5.73 Å². The van der Waals surface area contributed by atoms with Gasteiger partial charge in [-0.05, 0) is 68.4 Å². The Bertz CT molecular complexity index is 598. The zero-order valence-electron chi connectivity index (χ0n) is 16.2. The first kappa shape index (κ1) is 17.2. The molecule has 1 aliphatic carbocycles. The summed E-state index contributed by atoms with van der Waals surface area (Å²) in [6, 6.07) is 11.1. The Labute approximate surface area is 153 Å². The molecule has 1 aromatic rings. The summed E-state index contributed by atoms with van der Waals surface area (Å²) in [7, 11) is 0. The second-order valence-electron chi connectivity index (χ2n) is 9.69. The predicted octanol–water partition coefficient (Wildman–Crippen LogP) is 4.89. The van der Waals surface area contributed by atoms with E-state index in [-0.39, 0.29) is 0 Å². The van der Waals surface area contributed by atoms with Gasteiger partial charge in [0.05, 0.1) is 11.4 Å². The Morgan fingerprint density at radius 1 is 0.960 bits per heavy atom. The lowest BCUT2D eigenvalue weighted by Gasteiger charge is -2.41. The highest BCUT2D eigenvalue weighted by Gasteiger charge is 2.49. The minimum Gasteiger partial charge on any atom is -0.397 e. The molecule has 2 aliphatic heterocycles. The molecule has 2 heterocycles. The van der Waals surface area contributed by atoms with Gasteiger partial charge in [-0.25, -0.2) is 0 Å². The predicted molar refractivity (Wildman–Crippen MR) is 107 cm³/mol. The molecule has 2 bridgehead atoms. The van der Waals surface area contributed by atoms with E-state index in [1.54, 1.807) is 0 Å². The number of rotatable bonds is 3. The highest BCUT2D eigenvalue weighted by Crippen LogP contribution is 2.46. The number of para-hydroxylation sites is 2. The number of nitrogen functional groups attached to an aromatic ring is 1. The maximum Gasteiger partial charge on any atom is 0.0576 e. The van der Waals surface area contributed by atoms with E-state index >= 15 is 0 Å². The summed E-state index contributed by atoms with van der Waals surface area (Å²) in [6.07, 6.45) is 9.66. The van der Waals surface area contributed by atoms with Gasteiger partial charge in [0.15, 0.2) is 0 Å². The maximum absolute atomic E-state index is 6.15. The number of nitrogens with zero attached hydrogens (tertiary/aromatic N) is 1. The van der Waals surface area contributed by atoms with Gasteiger partial charge >= 0.3 is 0 Å². The lowest BCUT2D eigenvalue weighted by molar-refractivity contribution is 0.0844. The summed E-state index contributed by atoms with van der Waals surface area (Å²) < 4.78 is 0.